The summed E-state index contributed by atoms with van der Waals surface area (Å²) in [6.07, 6.45) is 16.9. The molecule has 10 aromatic rings. The van der Waals surface area contributed by atoms with E-state index in [1.165, 1.54) is 85.6 Å². The Morgan fingerprint density at radius 2 is 0.705 bits per heavy atom. The van der Waals surface area contributed by atoms with Gasteiger partial charge in [0.15, 0.2) is 73.2 Å². The zero-order valence-electron chi connectivity index (χ0n) is 58.2. The van der Waals surface area contributed by atoms with E-state index in [1.54, 1.807) is 0 Å². The van der Waals surface area contributed by atoms with Crippen LogP contribution in [0.2, 0.25) is 0 Å². The number of fused-ring (bicyclic) bond motifs is 5. The van der Waals surface area contributed by atoms with E-state index < -0.39 is 202 Å². The number of terminal acetylenes is 3. The van der Waals surface area contributed by atoms with Crippen LogP contribution in [0, 0.1) is 66.6 Å². The number of hydrogen-bond donors (Lipinski definition) is 17. The SMILES string of the molecule is C#C[C@]1(CO)O[C@@H](n2cnc3c(=O)[nH]c(N)nc32)[C@@H](CF)[C@@H]1O.C#C[C@]1(CO)O[C@@H](n2cnc3c(=O)[nH]cnc32)[C@@H](CF)[C@@H]1O.C#C[C@]1(CO)O[C@@H](n2cnc3c(N)ncnc32)[C@@H](CF)[C@@H]1O.C=C[C@]1(CO)O[C@@H](n2cnc3c(=O)[nH]c(N)nc32)[C@@H](CF)[C@@H]1O.C=C[C@]1(CO)O[C@@H](n2cnc3c(N)ncnc32)[C@@H](CF)[C@@H]1O. The summed E-state index contributed by atoms with van der Waals surface area (Å²) in [5, 5.41) is 98.7. The highest BCUT2D eigenvalue weighted by Gasteiger charge is 2.59. The Labute approximate surface area is 624 Å². The number of H-pyrrole nitrogens is 3. The van der Waals surface area contributed by atoms with Crippen LogP contribution in [0.15, 0.2) is 90.3 Å². The van der Waals surface area contributed by atoms with E-state index in [2.05, 4.69) is 106 Å². The van der Waals surface area contributed by atoms with Gasteiger partial charge in [-0.05, 0) is 0 Å². The maximum atomic E-state index is 13.5. The molecule has 42 nitrogen and oxygen atoms in total. The molecular formula is C65H73F5N24O18. The van der Waals surface area contributed by atoms with Crippen molar-refractivity contribution in [3.05, 3.63) is 107 Å². The largest absolute Gasteiger partial charge is 0.393 e. The molecule has 0 saturated carbocycles. The molecule has 0 aromatic carbocycles. The van der Waals surface area contributed by atoms with Crippen molar-refractivity contribution in [2.24, 2.45) is 29.6 Å². The summed E-state index contributed by atoms with van der Waals surface area (Å²) in [6, 6.07) is 0. The second-order valence-corrected chi connectivity index (χ2v) is 25.8. The van der Waals surface area contributed by atoms with Gasteiger partial charge >= 0.3 is 0 Å². The van der Waals surface area contributed by atoms with Gasteiger partial charge in [0.05, 0.1) is 146 Å². The highest BCUT2D eigenvalue weighted by Crippen LogP contribution is 2.48. The summed E-state index contributed by atoms with van der Waals surface area (Å²) in [6.45, 7) is -0.561. The van der Waals surface area contributed by atoms with Crippen molar-refractivity contribution in [2.45, 2.75) is 89.7 Å². The number of aromatic nitrogens is 20. The first kappa shape index (κ1) is 81.5. The number of ether oxygens (including phenoxy) is 5. The van der Waals surface area contributed by atoms with Gasteiger partial charge in [0.2, 0.25) is 11.9 Å². The molecule has 0 aliphatic carbocycles. The molecule has 0 unspecified atom stereocenters. The van der Waals surface area contributed by atoms with Crippen molar-refractivity contribution in [1.29, 1.82) is 0 Å². The summed E-state index contributed by atoms with van der Waals surface area (Å²) in [5.41, 5.74) is 14.6. The second-order valence-electron chi connectivity index (χ2n) is 25.8. The van der Waals surface area contributed by atoms with E-state index in [4.69, 9.17) is 65.9 Å². The molecule has 15 rings (SSSR count). The first-order chi connectivity index (χ1) is 53.7. The summed E-state index contributed by atoms with van der Waals surface area (Å²) in [4.78, 5) is 89.8. The number of nitrogens with one attached hydrogen (secondary N) is 3. The monoisotopic (exact) mass is 1570 g/mol. The molecule has 10 aromatic heterocycles. The molecule has 0 bridgehead atoms. The van der Waals surface area contributed by atoms with Crippen molar-refractivity contribution >= 4 is 79.4 Å². The van der Waals surface area contributed by atoms with Crippen molar-refractivity contribution in [1.82, 2.24) is 97.6 Å². The Morgan fingerprint density at radius 1 is 0.420 bits per heavy atom. The Bertz CT molecular complexity index is 5420. The number of aliphatic hydroxyl groups is 10. The maximum absolute atomic E-state index is 13.5. The Kier molecular flexibility index (Phi) is 23.6. The van der Waals surface area contributed by atoms with Gasteiger partial charge in [-0.2, -0.15) is 9.97 Å². The number of hydrogen-bond acceptors (Lipinski definition) is 34. The number of halogens is 5. The third-order valence-electron chi connectivity index (χ3n) is 19.9. The molecule has 47 heteroatoms. The van der Waals surface area contributed by atoms with Crippen LogP contribution in [0.3, 0.4) is 0 Å². The quantitative estimate of drug-likeness (QED) is 0.0233. The van der Waals surface area contributed by atoms with Gasteiger partial charge in [-0.3, -0.25) is 69.1 Å². The molecule has 5 fully saturated rings. The highest BCUT2D eigenvalue weighted by atomic mass is 19.1. The fourth-order valence-corrected chi connectivity index (χ4v) is 13.6. The average molecular weight is 1570 g/mol. The number of nitrogens with two attached hydrogens (primary N) is 4. The average Bonchev–Trinajstić information content (AvgIpc) is 1.64. The predicted molar refractivity (Wildman–Crippen MR) is 377 cm³/mol. The van der Waals surface area contributed by atoms with Crippen LogP contribution in [0.1, 0.15) is 31.1 Å². The molecule has 5 aliphatic heterocycles. The van der Waals surface area contributed by atoms with E-state index in [-0.39, 0.29) is 57.0 Å². The molecule has 0 radical (unpaired) electrons. The van der Waals surface area contributed by atoms with Crippen LogP contribution in [0.25, 0.3) is 55.8 Å². The van der Waals surface area contributed by atoms with E-state index in [0.717, 1.165) is 0 Å². The van der Waals surface area contributed by atoms with Gasteiger partial charge in [-0.15, -0.1) is 32.4 Å². The summed E-state index contributed by atoms with van der Waals surface area (Å²) in [7, 11) is 0. The van der Waals surface area contributed by atoms with Crippen molar-refractivity contribution in [3.8, 4) is 37.0 Å². The minimum atomic E-state index is -1.75. The van der Waals surface area contributed by atoms with Gasteiger partial charge in [0.1, 0.15) is 84.3 Å². The minimum absolute atomic E-state index is 0.00926. The maximum Gasteiger partial charge on any atom is 0.280 e. The minimum Gasteiger partial charge on any atom is -0.393 e. The predicted octanol–water partition coefficient (Wildman–Crippen LogP) is -4.36. The number of imidazole rings is 5. The van der Waals surface area contributed by atoms with E-state index in [9.17, 15) is 87.4 Å². The number of alkyl halides is 5. The molecule has 21 N–H and O–H groups in total. The number of aliphatic hydroxyl groups excluding tert-OH is 10. The van der Waals surface area contributed by atoms with Crippen LogP contribution in [-0.4, -0.2) is 274 Å². The van der Waals surface area contributed by atoms with Gasteiger partial charge in [0.25, 0.3) is 16.7 Å². The van der Waals surface area contributed by atoms with Crippen molar-refractivity contribution < 1.29 is 96.7 Å². The molecular weight excluding hydrogens is 1500 g/mol. The molecule has 112 heavy (non-hydrogen) atoms. The van der Waals surface area contributed by atoms with Gasteiger partial charge in [-0.25, -0.2) is 49.8 Å². The van der Waals surface area contributed by atoms with Crippen molar-refractivity contribution in [2.75, 3.05) is 89.3 Å². The van der Waals surface area contributed by atoms with Gasteiger partial charge in [0, 0.05) is 0 Å². The number of aromatic amines is 3. The number of nitrogen functional groups attached to an aromatic ring is 4. The lowest BCUT2D eigenvalue weighted by atomic mass is 9.91. The van der Waals surface area contributed by atoms with Crippen molar-refractivity contribution in [3.63, 3.8) is 0 Å². The molecule has 20 atom stereocenters. The Morgan fingerprint density at radius 3 is 1.00 bits per heavy atom. The summed E-state index contributed by atoms with van der Waals surface area (Å²) >= 11 is 0. The standard InChI is InChI=1S/C13H16FN5O4.C13H14FN5O4.C13H16FN5O3.C13H14FN5O3.C13H13FN4O4/c2*1-2-13(4-20)8(21)6(3-14)11(23-13)19-5-16-7-9(19)17-12(15)18-10(7)22;2*1-2-13(4-20)9(21)7(3-14)12(22-13)19-6-18-8-10(15)16-5-17-11(8)19;1-2-13(4-19)9(20)7(3-14)12(22-13)18-6-17-8-10(18)15-5-16-11(8)21/h2,5-6,8,11,20-21H,1,3-4H2,(H3,15,17,18,22);1,5-6,8,11,20-21H,3-4H2,(H3,15,17,18,22);2,5-7,9,12,20-21H,1,3-4H2,(H2,15,16,17);1,5-7,9,12,20-21H,3-4H2,(H2,15,16,17);1,5-7,9,12,19-20H,3-4H2,(H,15,16,21)/t2*6-,8-,11+,13+;3*7-,9-,12+,13+/m00000/s1. The smallest absolute Gasteiger partial charge is 0.280 e. The molecule has 0 amide bonds. The molecule has 5 saturated heterocycles. The topological polar surface area (TPSA) is 630 Å². The lowest BCUT2D eigenvalue weighted by Gasteiger charge is -2.26. The number of nitrogens with zero attached hydrogens (tertiary/aromatic N) is 17. The molecule has 15 heterocycles. The molecule has 596 valence electrons. The summed E-state index contributed by atoms with van der Waals surface area (Å²) in [5.74, 6) is 1.67. The zero-order chi connectivity index (χ0) is 81.3. The highest BCUT2D eigenvalue weighted by molar-refractivity contribution is 5.82. The van der Waals surface area contributed by atoms with E-state index in [0.29, 0.717) is 22.3 Å². The van der Waals surface area contributed by atoms with E-state index >= 15 is 0 Å². The lowest BCUT2D eigenvalue weighted by molar-refractivity contribution is -0.0959. The fraction of sp³-hybridized carbons (Fsp3) is 0.462. The Balaban J connectivity index is 0.000000138. The second kappa shape index (κ2) is 32.5. The zero-order valence-corrected chi connectivity index (χ0v) is 58.2. The van der Waals surface area contributed by atoms with Crippen LogP contribution >= 0.6 is 0 Å². The van der Waals surface area contributed by atoms with Gasteiger partial charge < -0.3 is 103 Å². The number of rotatable bonds is 17. The molecule has 0 spiro atoms. The van der Waals surface area contributed by atoms with Crippen LogP contribution in [0.5, 0.6) is 0 Å². The summed E-state index contributed by atoms with van der Waals surface area (Å²) < 4.78 is 102. The fourth-order valence-electron chi connectivity index (χ4n) is 13.6. The van der Waals surface area contributed by atoms with E-state index in [1.807, 2.05) is 0 Å². The first-order valence-corrected chi connectivity index (χ1v) is 33.2. The van der Waals surface area contributed by atoms with Gasteiger partial charge in [-0.1, -0.05) is 29.9 Å². The first-order valence-electron chi connectivity index (χ1n) is 33.2. The third-order valence-corrected chi connectivity index (χ3v) is 19.9. The lowest BCUT2D eigenvalue weighted by Crippen LogP contribution is -2.43. The Hall–Kier alpha value is -11.4. The van der Waals surface area contributed by atoms with Crippen LogP contribution < -0.4 is 39.6 Å². The number of anilines is 4. The van der Waals surface area contributed by atoms with Crippen LogP contribution in [0.4, 0.5) is 45.5 Å². The normalized spacial score (nSPS) is 31.2. The third kappa shape index (κ3) is 13.6. The van der Waals surface area contributed by atoms with Crippen LogP contribution in [-0.2, 0) is 23.7 Å². The molecule has 5 aliphatic rings.